The number of nitrogen functional groups attached to an aromatic ring is 2. The Morgan fingerprint density at radius 1 is 0.824 bits per heavy atom. The van der Waals surface area contributed by atoms with Crippen LogP contribution in [0.2, 0.25) is 0 Å². The van der Waals surface area contributed by atoms with Gasteiger partial charge in [-0.25, -0.2) is 0 Å². The van der Waals surface area contributed by atoms with Crippen LogP contribution < -0.4 is 11.5 Å². The summed E-state index contributed by atoms with van der Waals surface area (Å²) in [5.74, 6) is 0. The molecule has 2 rings (SSSR count). The number of rotatable bonds is 1. The summed E-state index contributed by atoms with van der Waals surface area (Å²) >= 11 is 0. The Bertz CT molecular complexity index is 455. The number of anilines is 2. The van der Waals surface area contributed by atoms with Gasteiger partial charge < -0.3 is 16.2 Å². The van der Waals surface area contributed by atoms with E-state index in [0.717, 1.165) is 11.1 Å². The zero-order valence-corrected chi connectivity index (χ0v) is 10.2. The van der Waals surface area contributed by atoms with E-state index >= 15 is 0 Å². The third-order valence-electron chi connectivity index (χ3n) is 2.22. The highest BCUT2D eigenvalue weighted by Gasteiger charge is 2.03. The van der Waals surface area contributed by atoms with E-state index in [0.29, 0.717) is 11.4 Å². The van der Waals surface area contributed by atoms with E-state index in [2.05, 4.69) is 4.74 Å². The van der Waals surface area contributed by atoms with Crippen molar-refractivity contribution in [1.29, 1.82) is 0 Å². The molecule has 0 saturated heterocycles. The lowest BCUT2D eigenvalue weighted by Gasteiger charge is -2.07. The van der Waals surface area contributed by atoms with Crippen molar-refractivity contribution in [2.75, 3.05) is 25.7 Å². The van der Waals surface area contributed by atoms with Gasteiger partial charge in [0.1, 0.15) is 0 Å². The van der Waals surface area contributed by atoms with Crippen molar-refractivity contribution < 1.29 is 4.74 Å². The molecule has 0 unspecified atom stereocenters. The van der Waals surface area contributed by atoms with Crippen molar-refractivity contribution in [2.45, 2.75) is 0 Å². The number of nitrogens with two attached hydrogens (primary N) is 2. The Morgan fingerprint density at radius 2 is 1.41 bits per heavy atom. The highest BCUT2D eigenvalue weighted by atomic mass is 16.4. The number of methoxy groups -OCH3 is 1. The maximum absolute atomic E-state index is 5.89. The summed E-state index contributed by atoms with van der Waals surface area (Å²) in [6, 6.07) is 15.7. The molecule has 0 aliphatic carbocycles. The monoisotopic (exact) mass is 230 g/mol. The minimum atomic E-state index is 0.631. The van der Waals surface area contributed by atoms with Crippen LogP contribution in [0.15, 0.2) is 48.5 Å². The number of benzene rings is 2. The molecular weight excluding hydrogens is 212 g/mol. The van der Waals surface area contributed by atoms with Crippen LogP contribution in [0.4, 0.5) is 11.4 Å². The number of hydrogen-bond acceptors (Lipinski definition) is 3. The van der Waals surface area contributed by atoms with Crippen LogP contribution in [0.1, 0.15) is 0 Å². The maximum Gasteiger partial charge on any atom is 0.0627 e. The first-order valence-corrected chi connectivity index (χ1v) is 5.30. The molecule has 0 amide bonds. The van der Waals surface area contributed by atoms with Gasteiger partial charge >= 0.3 is 0 Å². The maximum atomic E-state index is 5.89. The van der Waals surface area contributed by atoms with Crippen molar-refractivity contribution in [2.24, 2.45) is 0 Å². The lowest BCUT2D eigenvalue weighted by atomic mass is 10.0. The van der Waals surface area contributed by atoms with Gasteiger partial charge in [-0.2, -0.15) is 0 Å². The smallest absolute Gasteiger partial charge is 0.0627 e. The highest BCUT2D eigenvalue weighted by Crippen LogP contribution is 2.29. The predicted octanol–water partition coefficient (Wildman–Crippen LogP) is 2.78. The van der Waals surface area contributed by atoms with E-state index in [4.69, 9.17) is 11.5 Å². The van der Waals surface area contributed by atoms with Gasteiger partial charge in [0.05, 0.1) is 11.4 Å². The lowest BCUT2D eigenvalue weighted by Crippen LogP contribution is -1.96. The fourth-order valence-corrected chi connectivity index (χ4v) is 1.45. The second-order valence-corrected chi connectivity index (χ2v) is 3.58. The summed E-state index contributed by atoms with van der Waals surface area (Å²) < 4.78 is 4.25. The molecule has 0 heterocycles. The molecule has 0 fully saturated rings. The topological polar surface area (TPSA) is 61.3 Å². The summed E-state index contributed by atoms with van der Waals surface area (Å²) in [7, 11) is 3.25. The molecule has 3 heteroatoms. The highest BCUT2D eigenvalue weighted by molar-refractivity contribution is 5.84. The van der Waals surface area contributed by atoms with E-state index in [-0.39, 0.29) is 0 Å². The second-order valence-electron chi connectivity index (χ2n) is 3.58. The van der Waals surface area contributed by atoms with Gasteiger partial charge in [0, 0.05) is 19.8 Å². The average molecular weight is 230 g/mol. The van der Waals surface area contributed by atoms with E-state index in [1.807, 2.05) is 48.5 Å². The van der Waals surface area contributed by atoms with Gasteiger partial charge in [-0.1, -0.05) is 42.5 Å². The van der Waals surface area contributed by atoms with E-state index in [1.54, 1.807) is 14.2 Å². The summed E-state index contributed by atoms with van der Waals surface area (Å²) in [6.45, 7) is 0. The lowest BCUT2D eigenvalue weighted by molar-refractivity contribution is 0.277. The van der Waals surface area contributed by atoms with Gasteiger partial charge in [0.25, 0.3) is 0 Å². The Hall–Kier alpha value is -2.00. The van der Waals surface area contributed by atoms with E-state index < -0.39 is 0 Å². The molecule has 2 aromatic carbocycles. The third-order valence-corrected chi connectivity index (χ3v) is 2.22. The zero-order valence-electron chi connectivity index (χ0n) is 10.2. The van der Waals surface area contributed by atoms with Crippen LogP contribution in [-0.2, 0) is 4.74 Å². The Labute approximate surface area is 102 Å². The number of para-hydroxylation sites is 1. The van der Waals surface area contributed by atoms with Crippen molar-refractivity contribution in [3.05, 3.63) is 48.5 Å². The van der Waals surface area contributed by atoms with Crippen molar-refractivity contribution in [1.82, 2.24) is 0 Å². The van der Waals surface area contributed by atoms with Gasteiger partial charge in [-0.3, -0.25) is 0 Å². The average Bonchev–Trinajstić information content (AvgIpc) is 2.35. The van der Waals surface area contributed by atoms with Crippen molar-refractivity contribution in [3.63, 3.8) is 0 Å². The van der Waals surface area contributed by atoms with Crippen LogP contribution in [-0.4, -0.2) is 14.2 Å². The first-order valence-electron chi connectivity index (χ1n) is 5.30. The Morgan fingerprint density at radius 3 is 2.00 bits per heavy atom. The molecule has 3 nitrogen and oxygen atoms in total. The molecule has 0 bridgehead atoms. The molecule has 0 atom stereocenters. The third kappa shape index (κ3) is 3.50. The summed E-state index contributed by atoms with van der Waals surface area (Å²) in [5.41, 5.74) is 15.0. The Kier molecular flexibility index (Phi) is 5.04. The standard InChI is InChI=1S/C12H12N2.C2H6O/c13-11-8-4-7-10(12(11)14)9-5-2-1-3-6-9;1-3-2/h1-8H,13-14H2;1-2H3. The molecule has 17 heavy (non-hydrogen) atoms. The molecule has 0 aliphatic rings. The Balaban J connectivity index is 0.000000437. The fourth-order valence-electron chi connectivity index (χ4n) is 1.45. The first kappa shape index (κ1) is 13.1. The van der Waals surface area contributed by atoms with Gasteiger partial charge in [0.15, 0.2) is 0 Å². The summed E-state index contributed by atoms with van der Waals surface area (Å²) in [5, 5.41) is 0. The minimum Gasteiger partial charge on any atom is -0.397 e. The molecular formula is C14H18N2O. The van der Waals surface area contributed by atoms with Crippen LogP contribution in [0.3, 0.4) is 0 Å². The van der Waals surface area contributed by atoms with E-state index in [1.165, 1.54) is 0 Å². The number of ether oxygens (including phenoxy) is 1. The SMILES string of the molecule is COC.Nc1cccc(-c2ccccc2)c1N. The quantitative estimate of drug-likeness (QED) is 0.740. The molecule has 0 aliphatic heterocycles. The zero-order chi connectivity index (χ0) is 12.7. The molecule has 0 aromatic heterocycles. The van der Waals surface area contributed by atoms with E-state index in [9.17, 15) is 0 Å². The van der Waals surface area contributed by atoms with Crippen LogP contribution >= 0.6 is 0 Å². The van der Waals surface area contributed by atoms with Crippen LogP contribution in [0, 0.1) is 0 Å². The first-order chi connectivity index (χ1) is 8.20. The van der Waals surface area contributed by atoms with Crippen molar-refractivity contribution in [3.8, 4) is 11.1 Å². The fraction of sp³-hybridized carbons (Fsp3) is 0.143. The van der Waals surface area contributed by atoms with Gasteiger partial charge in [0.2, 0.25) is 0 Å². The molecule has 4 N–H and O–H groups in total. The summed E-state index contributed by atoms with van der Waals surface area (Å²) in [4.78, 5) is 0. The largest absolute Gasteiger partial charge is 0.397 e. The summed E-state index contributed by atoms with van der Waals surface area (Å²) in [6.07, 6.45) is 0. The molecule has 0 saturated carbocycles. The number of hydrogen-bond donors (Lipinski definition) is 2. The second kappa shape index (κ2) is 6.55. The molecule has 0 radical (unpaired) electrons. The minimum absolute atomic E-state index is 0.631. The van der Waals surface area contributed by atoms with Gasteiger partial charge in [-0.05, 0) is 11.6 Å². The molecule has 2 aromatic rings. The molecule has 90 valence electrons. The molecule has 0 spiro atoms. The predicted molar refractivity (Wildman–Crippen MR) is 73.6 cm³/mol. The van der Waals surface area contributed by atoms with Crippen LogP contribution in [0.5, 0.6) is 0 Å². The van der Waals surface area contributed by atoms with Gasteiger partial charge in [-0.15, -0.1) is 0 Å². The van der Waals surface area contributed by atoms with Crippen molar-refractivity contribution >= 4 is 11.4 Å². The normalized spacial score (nSPS) is 9.29. The van der Waals surface area contributed by atoms with Crippen LogP contribution in [0.25, 0.3) is 11.1 Å².